The number of amides is 1. The van der Waals surface area contributed by atoms with Gasteiger partial charge < -0.3 is 10.1 Å². The van der Waals surface area contributed by atoms with Crippen molar-refractivity contribution in [3.05, 3.63) is 68.5 Å². The SMILES string of the molecule is C[C@H](Oc1ccc([N+](=O)[O-])cc1)C(=O)Nc1ccc(F)c([N+](=O)[O-])c1. The molecule has 0 aliphatic carbocycles. The van der Waals surface area contributed by atoms with E-state index in [4.69, 9.17) is 4.74 Å². The van der Waals surface area contributed by atoms with E-state index in [1.165, 1.54) is 37.3 Å². The first-order valence-electron chi connectivity index (χ1n) is 6.94. The van der Waals surface area contributed by atoms with Gasteiger partial charge in [0, 0.05) is 23.9 Å². The first-order chi connectivity index (χ1) is 11.8. The van der Waals surface area contributed by atoms with Gasteiger partial charge in [-0.15, -0.1) is 0 Å². The smallest absolute Gasteiger partial charge is 0.306 e. The van der Waals surface area contributed by atoms with E-state index in [-0.39, 0.29) is 17.1 Å². The maximum atomic E-state index is 13.3. The molecule has 0 bridgehead atoms. The summed E-state index contributed by atoms with van der Waals surface area (Å²) < 4.78 is 18.6. The van der Waals surface area contributed by atoms with Gasteiger partial charge >= 0.3 is 5.69 Å². The van der Waals surface area contributed by atoms with Gasteiger partial charge in [0.25, 0.3) is 11.6 Å². The van der Waals surface area contributed by atoms with Crippen molar-refractivity contribution in [3.63, 3.8) is 0 Å². The summed E-state index contributed by atoms with van der Waals surface area (Å²) in [7, 11) is 0. The quantitative estimate of drug-likeness (QED) is 0.631. The van der Waals surface area contributed by atoms with E-state index >= 15 is 0 Å². The fourth-order valence-electron chi connectivity index (χ4n) is 1.88. The van der Waals surface area contributed by atoms with Gasteiger partial charge in [0.15, 0.2) is 6.10 Å². The second-order valence-electron chi connectivity index (χ2n) is 4.92. The molecule has 25 heavy (non-hydrogen) atoms. The molecular formula is C15H12FN3O6. The molecule has 0 fully saturated rings. The second kappa shape index (κ2) is 7.34. The molecule has 0 heterocycles. The Hall–Kier alpha value is -3.56. The number of halogens is 1. The lowest BCUT2D eigenvalue weighted by Crippen LogP contribution is -2.30. The third-order valence-corrected chi connectivity index (χ3v) is 3.14. The highest BCUT2D eigenvalue weighted by atomic mass is 19.1. The number of carbonyl (C=O) groups is 1. The minimum absolute atomic E-state index is 0.0391. The van der Waals surface area contributed by atoms with Crippen molar-refractivity contribution in [2.75, 3.05) is 5.32 Å². The Kier molecular flexibility index (Phi) is 5.22. The first-order valence-corrected chi connectivity index (χ1v) is 6.94. The number of carbonyl (C=O) groups excluding carboxylic acids is 1. The van der Waals surface area contributed by atoms with Crippen LogP contribution in [-0.4, -0.2) is 21.9 Å². The van der Waals surface area contributed by atoms with E-state index in [1.54, 1.807) is 0 Å². The fraction of sp³-hybridized carbons (Fsp3) is 0.133. The molecule has 130 valence electrons. The summed E-state index contributed by atoms with van der Waals surface area (Å²) in [5, 5.41) is 23.6. The predicted octanol–water partition coefficient (Wildman–Crippen LogP) is 3.05. The van der Waals surface area contributed by atoms with E-state index in [1.807, 2.05) is 0 Å². The summed E-state index contributed by atoms with van der Waals surface area (Å²) in [6.45, 7) is 1.43. The summed E-state index contributed by atoms with van der Waals surface area (Å²) in [4.78, 5) is 31.8. The van der Waals surface area contributed by atoms with Crippen molar-refractivity contribution in [1.29, 1.82) is 0 Å². The number of hydrogen-bond donors (Lipinski definition) is 1. The number of nitro groups is 2. The van der Waals surface area contributed by atoms with Crippen LogP contribution in [0.1, 0.15) is 6.92 Å². The van der Waals surface area contributed by atoms with Crippen LogP contribution in [0, 0.1) is 26.0 Å². The third kappa shape index (κ3) is 4.47. The Morgan fingerprint density at radius 3 is 2.32 bits per heavy atom. The predicted molar refractivity (Wildman–Crippen MR) is 84.9 cm³/mol. The third-order valence-electron chi connectivity index (χ3n) is 3.14. The molecule has 0 saturated carbocycles. The van der Waals surface area contributed by atoms with E-state index in [0.29, 0.717) is 0 Å². The highest BCUT2D eigenvalue weighted by Crippen LogP contribution is 2.22. The Morgan fingerprint density at radius 1 is 1.12 bits per heavy atom. The number of non-ortho nitro benzene ring substituents is 1. The van der Waals surface area contributed by atoms with Crippen molar-refractivity contribution >= 4 is 23.0 Å². The number of nitro benzene ring substituents is 2. The van der Waals surface area contributed by atoms with Crippen LogP contribution < -0.4 is 10.1 Å². The minimum Gasteiger partial charge on any atom is -0.481 e. The van der Waals surface area contributed by atoms with Crippen molar-refractivity contribution in [2.45, 2.75) is 13.0 Å². The van der Waals surface area contributed by atoms with Gasteiger partial charge in [-0.05, 0) is 31.2 Å². The zero-order valence-electron chi connectivity index (χ0n) is 12.8. The standard InChI is InChI=1S/C15H12FN3O6/c1-9(25-12-5-3-11(4-6-12)18(21)22)15(20)17-10-2-7-13(16)14(8-10)19(23)24/h2-9H,1H3,(H,17,20)/t9-/m0/s1. The second-order valence-corrected chi connectivity index (χ2v) is 4.92. The fourth-order valence-corrected chi connectivity index (χ4v) is 1.88. The zero-order valence-corrected chi connectivity index (χ0v) is 12.8. The van der Waals surface area contributed by atoms with Crippen LogP contribution in [-0.2, 0) is 4.79 Å². The normalized spacial score (nSPS) is 11.4. The highest BCUT2D eigenvalue weighted by Gasteiger charge is 2.19. The summed E-state index contributed by atoms with van der Waals surface area (Å²) >= 11 is 0. The van der Waals surface area contributed by atoms with Crippen LogP contribution in [0.3, 0.4) is 0 Å². The number of benzene rings is 2. The topological polar surface area (TPSA) is 125 Å². The van der Waals surface area contributed by atoms with E-state index in [9.17, 15) is 29.4 Å². The van der Waals surface area contributed by atoms with Gasteiger partial charge in [-0.2, -0.15) is 4.39 Å². The molecule has 1 amide bonds. The Morgan fingerprint density at radius 2 is 1.76 bits per heavy atom. The van der Waals surface area contributed by atoms with Gasteiger partial charge in [-0.1, -0.05) is 0 Å². The van der Waals surface area contributed by atoms with Crippen molar-refractivity contribution in [2.24, 2.45) is 0 Å². The molecule has 2 aromatic carbocycles. The lowest BCUT2D eigenvalue weighted by atomic mass is 10.2. The van der Waals surface area contributed by atoms with Crippen LogP contribution >= 0.6 is 0 Å². The number of nitrogens with one attached hydrogen (secondary N) is 1. The Bertz CT molecular complexity index is 825. The summed E-state index contributed by atoms with van der Waals surface area (Å²) in [6.07, 6.45) is -0.995. The van der Waals surface area contributed by atoms with Crippen LogP contribution in [0.4, 0.5) is 21.5 Å². The molecule has 2 aromatic rings. The molecule has 0 spiro atoms. The molecule has 1 N–H and O–H groups in total. The Balaban J connectivity index is 2.04. The number of anilines is 1. The molecule has 0 aliphatic heterocycles. The lowest BCUT2D eigenvalue weighted by Gasteiger charge is -2.14. The molecule has 0 radical (unpaired) electrons. The van der Waals surface area contributed by atoms with E-state index in [2.05, 4.69) is 5.32 Å². The van der Waals surface area contributed by atoms with E-state index < -0.39 is 33.4 Å². The van der Waals surface area contributed by atoms with Crippen LogP contribution in [0.15, 0.2) is 42.5 Å². The molecular weight excluding hydrogens is 337 g/mol. The maximum Gasteiger partial charge on any atom is 0.306 e. The minimum atomic E-state index is -1.02. The number of ether oxygens (including phenoxy) is 1. The summed E-state index contributed by atoms with van der Waals surface area (Å²) in [5.41, 5.74) is -0.845. The van der Waals surface area contributed by atoms with E-state index in [0.717, 1.165) is 12.1 Å². The van der Waals surface area contributed by atoms with Gasteiger partial charge in [-0.3, -0.25) is 25.0 Å². The molecule has 0 saturated heterocycles. The van der Waals surface area contributed by atoms with Gasteiger partial charge in [0.05, 0.1) is 9.85 Å². The molecule has 0 aliphatic rings. The van der Waals surface area contributed by atoms with Crippen LogP contribution in [0.5, 0.6) is 5.75 Å². The van der Waals surface area contributed by atoms with Crippen LogP contribution in [0.2, 0.25) is 0 Å². The largest absolute Gasteiger partial charge is 0.481 e. The van der Waals surface area contributed by atoms with Gasteiger partial charge in [0.1, 0.15) is 5.75 Å². The monoisotopic (exact) mass is 349 g/mol. The van der Waals surface area contributed by atoms with Gasteiger partial charge in [0.2, 0.25) is 5.82 Å². The molecule has 9 nitrogen and oxygen atoms in total. The summed E-state index contributed by atoms with van der Waals surface area (Å²) in [5.74, 6) is -1.41. The van der Waals surface area contributed by atoms with Gasteiger partial charge in [-0.25, -0.2) is 0 Å². The lowest BCUT2D eigenvalue weighted by molar-refractivity contribution is -0.387. The molecule has 1 atom stereocenters. The van der Waals surface area contributed by atoms with Crippen molar-refractivity contribution in [3.8, 4) is 5.75 Å². The maximum absolute atomic E-state index is 13.3. The average molecular weight is 349 g/mol. The van der Waals surface area contributed by atoms with Crippen molar-refractivity contribution in [1.82, 2.24) is 0 Å². The molecule has 10 heteroatoms. The molecule has 0 unspecified atom stereocenters. The molecule has 2 rings (SSSR count). The number of nitrogens with zero attached hydrogens (tertiary/aromatic N) is 2. The Labute approximate surface area is 140 Å². The zero-order chi connectivity index (χ0) is 18.6. The number of hydrogen-bond acceptors (Lipinski definition) is 6. The van der Waals surface area contributed by atoms with Crippen molar-refractivity contribution < 1.29 is 23.8 Å². The first kappa shape index (κ1) is 17.8. The average Bonchev–Trinajstić information content (AvgIpc) is 2.56. The molecule has 0 aromatic heterocycles. The summed E-state index contributed by atoms with van der Waals surface area (Å²) in [6, 6.07) is 8.07. The highest BCUT2D eigenvalue weighted by molar-refractivity contribution is 5.94. The number of rotatable bonds is 6. The van der Waals surface area contributed by atoms with Crippen LogP contribution in [0.25, 0.3) is 0 Å².